The molecule has 0 bridgehead atoms. The lowest BCUT2D eigenvalue weighted by Crippen LogP contribution is -1.98. The first-order chi connectivity index (χ1) is 14.9. The number of hydrogen-bond acceptors (Lipinski definition) is 6. The first kappa shape index (κ1) is 19.2. The Kier molecular flexibility index (Phi) is 4.44. The average Bonchev–Trinajstić information content (AvgIpc) is 3.20. The SMILES string of the molecule is Cc1cc2[nH]ncc2cc1-c1nccc2cnc(Nc3ccc(S(C)(=O)=O)cc3)cc12. The number of nitrogens with one attached hydrogen (secondary N) is 2. The van der Waals surface area contributed by atoms with Gasteiger partial charge in [0.15, 0.2) is 9.84 Å². The van der Waals surface area contributed by atoms with Gasteiger partial charge in [0.2, 0.25) is 0 Å². The van der Waals surface area contributed by atoms with Crippen LogP contribution in [0.3, 0.4) is 0 Å². The van der Waals surface area contributed by atoms with Crippen molar-refractivity contribution < 1.29 is 8.42 Å². The Hall–Kier alpha value is -3.78. The summed E-state index contributed by atoms with van der Waals surface area (Å²) in [7, 11) is -3.23. The minimum Gasteiger partial charge on any atom is -0.340 e. The molecular formula is C23H19N5O2S. The van der Waals surface area contributed by atoms with E-state index in [2.05, 4.69) is 44.5 Å². The fraction of sp³-hybridized carbons (Fsp3) is 0.0870. The minimum absolute atomic E-state index is 0.279. The predicted octanol–water partition coefficient (Wildman–Crippen LogP) is 4.63. The topological polar surface area (TPSA) is 101 Å². The summed E-state index contributed by atoms with van der Waals surface area (Å²) in [4.78, 5) is 9.44. The molecule has 5 rings (SSSR count). The molecule has 2 aromatic carbocycles. The third-order valence-corrected chi connectivity index (χ3v) is 6.37. The summed E-state index contributed by atoms with van der Waals surface area (Å²) in [6.07, 6.45) is 6.59. The fourth-order valence-electron chi connectivity index (χ4n) is 3.64. The van der Waals surface area contributed by atoms with Crippen molar-refractivity contribution in [2.45, 2.75) is 11.8 Å². The number of anilines is 2. The fourth-order valence-corrected chi connectivity index (χ4v) is 4.27. The third kappa shape index (κ3) is 3.62. The molecule has 0 aliphatic heterocycles. The van der Waals surface area contributed by atoms with E-state index in [1.807, 2.05) is 12.1 Å². The Morgan fingerprint density at radius 2 is 1.74 bits per heavy atom. The van der Waals surface area contributed by atoms with E-state index in [4.69, 9.17) is 0 Å². The highest BCUT2D eigenvalue weighted by Gasteiger charge is 2.12. The quantitative estimate of drug-likeness (QED) is 0.432. The van der Waals surface area contributed by atoms with Gasteiger partial charge in [0.25, 0.3) is 0 Å². The van der Waals surface area contributed by atoms with Crippen molar-refractivity contribution in [3.05, 3.63) is 72.7 Å². The number of fused-ring (bicyclic) bond motifs is 2. The van der Waals surface area contributed by atoms with Gasteiger partial charge in [-0.25, -0.2) is 13.4 Å². The van der Waals surface area contributed by atoms with E-state index >= 15 is 0 Å². The van der Waals surface area contributed by atoms with Crippen LogP contribution in [0.5, 0.6) is 0 Å². The van der Waals surface area contributed by atoms with Gasteiger partial charge < -0.3 is 5.32 Å². The van der Waals surface area contributed by atoms with Crippen molar-refractivity contribution >= 4 is 43.0 Å². The zero-order valence-electron chi connectivity index (χ0n) is 16.9. The zero-order valence-corrected chi connectivity index (χ0v) is 17.7. The van der Waals surface area contributed by atoms with Gasteiger partial charge in [-0.1, -0.05) is 0 Å². The van der Waals surface area contributed by atoms with Gasteiger partial charge in [-0.3, -0.25) is 10.1 Å². The van der Waals surface area contributed by atoms with Gasteiger partial charge >= 0.3 is 0 Å². The molecule has 0 unspecified atom stereocenters. The van der Waals surface area contributed by atoms with Crippen molar-refractivity contribution in [1.82, 2.24) is 20.2 Å². The second-order valence-corrected chi connectivity index (χ2v) is 9.51. The van der Waals surface area contributed by atoms with Crippen molar-refractivity contribution in [2.75, 3.05) is 11.6 Å². The van der Waals surface area contributed by atoms with Gasteiger partial charge in [0.1, 0.15) is 5.82 Å². The van der Waals surface area contributed by atoms with Gasteiger partial charge in [-0.2, -0.15) is 5.10 Å². The Bertz CT molecular complexity index is 1540. The zero-order chi connectivity index (χ0) is 21.6. The lowest BCUT2D eigenvalue weighted by atomic mass is 9.99. The molecule has 0 aliphatic carbocycles. The lowest BCUT2D eigenvalue weighted by molar-refractivity contribution is 0.602. The highest BCUT2D eigenvalue weighted by atomic mass is 32.2. The third-order valence-electron chi connectivity index (χ3n) is 5.24. The van der Waals surface area contributed by atoms with E-state index in [-0.39, 0.29) is 4.90 Å². The maximum atomic E-state index is 11.7. The summed E-state index contributed by atoms with van der Waals surface area (Å²) in [6.45, 7) is 2.06. The molecule has 154 valence electrons. The number of benzene rings is 2. The number of H-pyrrole nitrogens is 1. The van der Waals surface area contributed by atoms with Crippen LogP contribution in [-0.2, 0) is 9.84 Å². The van der Waals surface area contributed by atoms with Crippen LogP contribution in [0.2, 0.25) is 0 Å². The van der Waals surface area contributed by atoms with E-state index in [0.717, 1.165) is 44.2 Å². The molecule has 31 heavy (non-hydrogen) atoms. The summed E-state index contributed by atoms with van der Waals surface area (Å²) in [6, 6.07) is 14.7. The Morgan fingerprint density at radius 1 is 0.935 bits per heavy atom. The maximum absolute atomic E-state index is 11.7. The molecule has 0 radical (unpaired) electrons. The monoisotopic (exact) mass is 429 g/mol. The van der Waals surface area contributed by atoms with Gasteiger partial charge in [0.05, 0.1) is 22.3 Å². The van der Waals surface area contributed by atoms with Crippen LogP contribution in [-0.4, -0.2) is 34.8 Å². The normalized spacial score (nSPS) is 11.8. The lowest BCUT2D eigenvalue weighted by Gasteiger charge is -2.11. The number of rotatable bonds is 4. The molecule has 0 amide bonds. The van der Waals surface area contributed by atoms with Crippen molar-refractivity contribution in [2.24, 2.45) is 0 Å². The van der Waals surface area contributed by atoms with E-state index in [0.29, 0.717) is 5.82 Å². The van der Waals surface area contributed by atoms with Gasteiger partial charge in [-0.15, -0.1) is 0 Å². The number of aromatic nitrogens is 4. The largest absolute Gasteiger partial charge is 0.340 e. The van der Waals surface area contributed by atoms with E-state index in [9.17, 15) is 8.42 Å². The van der Waals surface area contributed by atoms with Crippen molar-refractivity contribution in [3.63, 3.8) is 0 Å². The number of pyridine rings is 2. The van der Waals surface area contributed by atoms with Crippen LogP contribution < -0.4 is 5.32 Å². The Morgan fingerprint density at radius 3 is 2.52 bits per heavy atom. The highest BCUT2D eigenvalue weighted by molar-refractivity contribution is 7.90. The van der Waals surface area contributed by atoms with Crippen molar-refractivity contribution in [3.8, 4) is 11.3 Å². The molecule has 0 saturated heterocycles. The molecule has 8 heteroatoms. The van der Waals surface area contributed by atoms with Crippen LogP contribution in [0.15, 0.2) is 72.0 Å². The molecular weight excluding hydrogens is 410 g/mol. The van der Waals surface area contributed by atoms with E-state index in [1.54, 1.807) is 42.9 Å². The second kappa shape index (κ2) is 7.17. The van der Waals surface area contributed by atoms with Crippen LogP contribution in [0.1, 0.15) is 5.56 Å². The number of sulfone groups is 1. The number of nitrogens with zero attached hydrogens (tertiary/aromatic N) is 3. The molecule has 0 spiro atoms. The maximum Gasteiger partial charge on any atom is 0.175 e. The molecule has 3 heterocycles. The molecule has 3 aromatic heterocycles. The predicted molar refractivity (Wildman–Crippen MR) is 122 cm³/mol. The summed E-state index contributed by atoms with van der Waals surface area (Å²) in [5.41, 5.74) is 4.74. The van der Waals surface area contributed by atoms with Crippen LogP contribution in [0.4, 0.5) is 11.5 Å². The summed E-state index contributed by atoms with van der Waals surface area (Å²) < 4.78 is 23.3. The van der Waals surface area contributed by atoms with E-state index < -0.39 is 9.84 Å². The molecule has 0 saturated carbocycles. The van der Waals surface area contributed by atoms with Crippen LogP contribution in [0.25, 0.3) is 32.9 Å². The summed E-state index contributed by atoms with van der Waals surface area (Å²) >= 11 is 0. The van der Waals surface area contributed by atoms with Crippen LogP contribution >= 0.6 is 0 Å². The van der Waals surface area contributed by atoms with Crippen LogP contribution in [0, 0.1) is 6.92 Å². The number of aromatic amines is 1. The molecule has 7 nitrogen and oxygen atoms in total. The Balaban J connectivity index is 1.57. The van der Waals surface area contributed by atoms with E-state index in [1.165, 1.54) is 6.26 Å². The van der Waals surface area contributed by atoms with Gasteiger partial charge in [0, 0.05) is 46.1 Å². The highest BCUT2D eigenvalue weighted by Crippen LogP contribution is 2.32. The molecule has 2 N–H and O–H groups in total. The standard InChI is InChI=1S/C23H19N5O2S/c1-14-9-21-16(13-26-28-21)10-19(14)23-20-11-22(25-12-15(20)7-8-24-23)27-17-3-5-18(6-4-17)31(2,29)30/h3-13H,1-2H3,(H,25,27)(H,26,28). The molecule has 5 aromatic rings. The molecule has 0 fully saturated rings. The summed E-state index contributed by atoms with van der Waals surface area (Å²) in [5, 5.41) is 13.3. The molecule has 0 atom stereocenters. The minimum atomic E-state index is -3.23. The summed E-state index contributed by atoms with van der Waals surface area (Å²) in [5.74, 6) is 0.649. The number of hydrogen-bond donors (Lipinski definition) is 2. The first-order valence-electron chi connectivity index (χ1n) is 9.64. The first-order valence-corrected chi connectivity index (χ1v) is 11.5. The smallest absolute Gasteiger partial charge is 0.175 e. The molecule has 0 aliphatic rings. The second-order valence-electron chi connectivity index (χ2n) is 7.50. The van der Waals surface area contributed by atoms with Crippen molar-refractivity contribution in [1.29, 1.82) is 0 Å². The average molecular weight is 430 g/mol. The number of aryl methyl sites for hydroxylation is 1. The van der Waals surface area contributed by atoms with Gasteiger partial charge in [-0.05, 0) is 61.0 Å². The Labute approximate surface area is 179 Å².